The van der Waals surface area contributed by atoms with Gasteiger partial charge in [0.15, 0.2) is 0 Å². The van der Waals surface area contributed by atoms with Crippen molar-refractivity contribution in [3.05, 3.63) is 95.1 Å². The number of imidazole rings is 1. The smallest absolute Gasteiger partial charge is 0.0926 e. The molecule has 4 heterocycles. The van der Waals surface area contributed by atoms with Crippen LogP contribution in [0.25, 0.3) is 5.69 Å². The SMILES string of the molecule is Cc1cc(C)n(-c2cccc(CN3CCc4[nH]cnc4C3c3cccnc3)c2)n1. The highest BCUT2D eigenvalue weighted by Gasteiger charge is 2.31. The molecule has 6 nitrogen and oxygen atoms in total. The van der Waals surface area contributed by atoms with Crippen molar-refractivity contribution < 1.29 is 0 Å². The molecule has 6 heteroatoms. The molecule has 0 saturated heterocycles. The number of H-pyrrole nitrogens is 1. The van der Waals surface area contributed by atoms with Crippen LogP contribution in [0, 0.1) is 13.8 Å². The van der Waals surface area contributed by atoms with Crippen LogP contribution in [0.15, 0.2) is 61.2 Å². The van der Waals surface area contributed by atoms with Gasteiger partial charge in [0.2, 0.25) is 0 Å². The van der Waals surface area contributed by atoms with Crippen LogP contribution in [-0.2, 0) is 13.0 Å². The summed E-state index contributed by atoms with van der Waals surface area (Å²) in [4.78, 5) is 14.8. The molecule has 0 bridgehead atoms. The lowest BCUT2D eigenvalue weighted by molar-refractivity contribution is 0.200. The van der Waals surface area contributed by atoms with E-state index in [9.17, 15) is 0 Å². The molecule has 1 N–H and O–H groups in total. The van der Waals surface area contributed by atoms with E-state index >= 15 is 0 Å². The summed E-state index contributed by atoms with van der Waals surface area (Å²) in [6, 6.07) is 15.0. The molecule has 1 unspecified atom stereocenters. The standard InChI is InChI=1S/C23H24N6/c1-16-11-17(2)29(27-16)20-7-3-5-18(12-20)14-28-10-8-21-22(26-15-25-21)23(28)19-6-4-9-24-13-19/h3-7,9,11-13,15,23H,8,10,14H2,1-2H3,(H,25,26). The Morgan fingerprint density at radius 2 is 2.07 bits per heavy atom. The van der Waals surface area contributed by atoms with Crippen LogP contribution in [0.4, 0.5) is 0 Å². The molecule has 0 spiro atoms. The lowest BCUT2D eigenvalue weighted by atomic mass is 9.96. The minimum Gasteiger partial charge on any atom is -0.348 e. The third kappa shape index (κ3) is 3.36. The van der Waals surface area contributed by atoms with E-state index in [-0.39, 0.29) is 6.04 Å². The number of nitrogens with zero attached hydrogens (tertiary/aromatic N) is 5. The fourth-order valence-electron chi connectivity index (χ4n) is 4.31. The van der Waals surface area contributed by atoms with E-state index in [2.05, 4.69) is 68.3 Å². The van der Waals surface area contributed by atoms with Gasteiger partial charge in [-0.3, -0.25) is 9.88 Å². The quantitative estimate of drug-likeness (QED) is 0.582. The number of aromatic amines is 1. The van der Waals surface area contributed by atoms with Crippen LogP contribution >= 0.6 is 0 Å². The second-order valence-electron chi connectivity index (χ2n) is 7.68. The summed E-state index contributed by atoms with van der Waals surface area (Å²) in [6.07, 6.45) is 6.55. The summed E-state index contributed by atoms with van der Waals surface area (Å²) in [5.74, 6) is 0. The largest absolute Gasteiger partial charge is 0.348 e. The van der Waals surface area contributed by atoms with Crippen molar-refractivity contribution in [1.29, 1.82) is 0 Å². The van der Waals surface area contributed by atoms with Crippen LogP contribution < -0.4 is 0 Å². The lowest BCUT2D eigenvalue weighted by Crippen LogP contribution is -2.35. The first kappa shape index (κ1) is 17.8. The number of aryl methyl sites for hydroxylation is 2. The Balaban J connectivity index is 1.48. The molecule has 4 aromatic rings. The number of rotatable bonds is 4. The van der Waals surface area contributed by atoms with E-state index in [0.29, 0.717) is 0 Å². The fraction of sp³-hybridized carbons (Fsp3) is 0.261. The van der Waals surface area contributed by atoms with Crippen LogP contribution in [0.1, 0.15) is 39.9 Å². The minimum absolute atomic E-state index is 0.107. The number of nitrogens with one attached hydrogen (secondary N) is 1. The van der Waals surface area contributed by atoms with Gasteiger partial charge in [0.25, 0.3) is 0 Å². The van der Waals surface area contributed by atoms with Gasteiger partial charge in [0.1, 0.15) is 0 Å². The lowest BCUT2D eigenvalue weighted by Gasteiger charge is -2.35. The monoisotopic (exact) mass is 384 g/mol. The predicted octanol–water partition coefficient (Wildman–Crippen LogP) is 3.75. The van der Waals surface area contributed by atoms with Crippen molar-refractivity contribution in [2.45, 2.75) is 32.9 Å². The van der Waals surface area contributed by atoms with Gasteiger partial charge < -0.3 is 4.98 Å². The Morgan fingerprint density at radius 3 is 2.86 bits per heavy atom. The Kier molecular flexibility index (Phi) is 4.48. The maximum absolute atomic E-state index is 4.65. The number of benzene rings is 1. The summed E-state index contributed by atoms with van der Waals surface area (Å²) >= 11 is 0. The van der Waals surface area contributed by atoms with Gasteiger partial charge in [-0.2, -0.15) is 5.10 Å². The highest BCUT2D eigenvalue weighted by Crippen LogP contribution is 2.34. The maximum atomic E-state index is 4.65. The topological polar surface area (TPSA) is 62.6 Å². The summed E-state index contributed by atoms with van der Waals surface area (Å²) in [7, 11) is 0. The van der Waals surface area contributed by atoms with Gasteiger partial charge in [-0.1, -0.05) is 18.2 Å². The number of fused-ring (bicyclic) bond motifs is 1. The predicted molar refractivity (Wildman–Crippen MR) is 112 cm³/mol. The first-order valence-corrected chi connectivity index (χ1v) is 9.98. The van der Waals surface area contributed by atoms with Crippen molar-refractivity contribution in [3.63, 3.8) is 0 Å². The summed E-state index contributed by atoms with van der Waals surface area (Å²) in [6.45, 7) is 5.94. The van der Waals surface area contributed by atoms with Crippen LogP contribution in [0.3, 0.4) is 0 Å². The molecule has 146 valence electrons. The molecule has 0 amide bonds. The van der Waals surface area contributed by atoms with E-state index in [1.165, 1.54) is 16.8 Å². The maximum Gasteiger partial charge on any atom is 0.0926 e. The van der Waals surface area contributed by atoms with Gasteiger partial charge in [0, 0.05) is 43.3 Å². The average Bonchev–Trinajstić information content (AvgIpc) is 3.34. The summed E-state index contributed by atoms with van der Waals surface area (Å²) in [5.41, 5.74) is 8.06. The van der Waals surface area contributed by atoms with Gasteiger partial charge in [-0.05, 0) is 49.2 Å². The molecule has 1 aliphatic rings. The second-order valence-corrected chi connectivity index (χ2v) is 7.68. The van der Waals surface area contributed by atoms with E-state index in [1.807, 2.05) is 30.1 Å². The van der Waals surface area contributed by atoms with Crippen LogP contribution in [-0.4, -0.2) is 36.2 Å². The Bertz CT molecular complexity index is 1130. The second kappa shape index (κ2) is 7.29. The van der Waals surface area contributed by atoms with E-state index in [4.69, 9.17) is 0 Å². The highest BCUT2D eigenvalue weighted by molar-refractivity contribution is 5.38. The molecule has 1 aliphatic heterocycles. The van der Waals surface area contributed by atoms with Crippen molar-refractivity contribution in [2.75, 3.05) is 6.54 Å². The molecule has 0 saturated carbocycles. The first-order chi connectivity index (χ1) is 14.2. The van der Waals surface area contributed by atoms with Crippen LogP contribution in [0.5, 0.6) is 0 Å². The summed E-state index contributed by atoms with van der Waals surface area (Å²) in [5, 5.41) is 4.63. The Hall–Kier alpha value is -3.25. The molecule has 29 heavy (non-hydrogen) atoms. The van der Waals surface area contributed by atoms with Crippen molar-refractivity contribution in [1.82, 2.24) is 29.6 Å². The van der Waals surface area contributed by atoms with Gasteiger partial charge in [-0.15, -0.1) is 0 Å². The van der Waals surface area contributed by atoms with E-state index in [1.54, 1.807) is 6.33 Å². The van der Waals surface area contributed by atoms with Crippen molar-refractivity contribution in [2.24, 2.45) is 0 Å². The number of aromatic nitrogens is 5. The molecule has 0 aliphatic carbocycles. The molecule has 1 aromatic carbocycles. The average molecular weight is 384 g/mol. The van der Waals surface area contributed by atoms with E-state index in [0.717, 1.165) is 42.3 Å². The third-order valence-electron chi connectivity index (χ3n) is 5.58. The molecule has 3 aromatic heterocycles. The molecule has 5 rings (SSSR count). The van der Waals surface area contributed by atoms with Crippen LogP contribution in [0.2, 0.25) is 0 Å². The van der Waals surface area contributed by atoms with Crippen molar-refractivity contribution in [3.8, 4) is 5.69 Å². The zero-order valence-corrected chi connectivity index (χ0v) is 16.7. The van der Waals surface area contributed by atoms with Crippen molar-refractivity contribution >= 4 is 0 Å². The Morgan fingerprint density at radius 1 is 1.14 bits per heavy atom. The zero-order valence-electron chi connectivity index (χ0n) is 16.7. The van der Waals surface area contributed by atoms with E-state index < -0.39 is 0 Å². The molecule has 0 radical (unpaired) electrons. The highest BCUT2D eigenvalue weighted by atomic mass is 15.3. The van der Waals surface area contributed by atoms with Gasteiger partial charge >= 0.3 is 0 Å². The summed E-state index contributed by atoms with van der Waals surface area (Å²) < 4.78 is 2.01. The normalized spacial score (nSPS) is 16.7. The Labute approximate surface area is 170 Å². The third-order valence-corrected chi connectivity index (χ3v) is 5.58. The fourth-order valence-corrected chi connectivity index (χ4v) is 4.31. The number of hydrogen-bond acceptors (Lipinski definition) is 4. The first-order valence-electron chi connectivity index (χ1n) is 9.98. The number of hydrogen-bond donors (Lipinski definition) is 1. The molecule has 0 fully saturated rings. The molecular formula is C23H24N6. The number of pyridine rings is 1. The zero-order chi connectivity index (χ0) is 19.8. The van der Waals surface area contributed by atoms with Gasteiger partial charge in [0.05, 0.1) is 29.4 Å². The minimum atomic E-state index is 0.107. The molecular weight excluding hydrogens is 360 g/mol. The molecule has 1 atom stereocenters. The van der Waals surface area contributed by atoms with Gasteiger partial charge in [-0.25, -0.2) is 9.67 Å².